The molecule has 0 atom stereocenters. The highest BCUT2D eigenvalue weighted by Gasteiger charge is 1.99. The lowest BCUT2D eigenvalue weighted by Gasteiger charge is -2.04. The molecule has 0 aliphatic heterocycles. The summed E-state index contributed by atoms with van der Waals surface area (Å²) in [6, 6.07) is 3.46. The van der Waals surface area contributed by atoms with Crippen LogP contribution < -0.4 is 5.32 Å². The average molecular weight is 217 g/mol. The van der Waals surface area contributed by atoms with E-state index in [0.717, 1.165) is 6.07 Å². The van der Waals surface area contributed by atoms with Crippen LogP contribution in [0.2, 0.25) is 0 Å². The SMILES string of the molecule is FCCCNCCc1cc(F)cc(F)c1. The largest absolute Gasteiger partial charge is 0.316 e. The molecule has 4 heteroatoms. The Balaban J connectivity index is 2.31. The highest BCUT2D eigenvalue weighted by Crippen LogP contribution is 2.07. The molecule has 0 fully saturated rings. The lowest BCUT2D eigenvalue weighted by Crippen LogP contribution is -2.18. The number of halogens is 3. The number of benzene rings is 1. The molecule has 0 aromatic heterocycles. The standard InChI is InChI=1S/C11H14F3N/c12-3-1-4-15-5-2-9-6-10(13)8-11(14)7-9/h6-8,15H,1-5H2. The molecule has 0 amide bonds. The van der Waals surface area contributed by atoms with Crippen LogP contribution in [0.4, 0.5) is 13.2 Å². The molecule has 0 saturated heterocycles. The van der Waals surface area contributed by atoms with Crippen molar-refractivity contribution in [2.75, 3.05) is 19.8 Å². The smallest absolute Gasteiger partial charge is 0.126 e. The monoisotopic (exact) mass is 217 g/mol. The van der Waals surface area contributed by atoms with Crippen molar-refractivity contribution in [3.05, 3.63) is 35.4 Å². The summed E-state index contributed by atoms with van der Waals surface area (Å²) in [4.78, 5) is 0. The van der Waals surface area contributed by atoms with Gasteiger partial charge in [0, 0.05) is 6.07 Å². The fourth-order valence-electron chi connectivity index (χ4n) is 1.30. The molecule has 1 aromatic carbocycles. The van der Waals surface area contributed by atoms with Gasteiger partial charge in [-0.2, -0.15) is 0 Å². The van der Waals surface area contributed by atoms with Gasteiger partial charge in [-0.15, -0.1) is 0 Å². The first-order valence-corrected chi connectivity index (χ1v) is 4.94. The Hall–Kier alpha value is -1.03. The number of rotatable bonds is 6. The normalized spacial score (nSPS) is 10.6. The molecule has 84 valence electrons. The second-order valence-corrected chi connectivity index (χ2v) is 3.32. The van der Waals surface area contributed by atoms with Crippen molar-refractivity contribution in [3.63, 3.8) is 0 Å². The van der Waals surface area contributed by atoms with Gasteiger partial charge in [-0.25, -0.2) is 8.78 Å². The molecule has 0 aliphatic carbocycles. The van der Waals surface area contributed by atoms with Crippen LogP contribution in [0.25, 0.3) is 0 Å². The van der Waals surface area contributed by atoms with Gasteiger partial charge in [0.15, 0.2) is 0 Å². The first-order chi connectivity index (χ1) is 7.22. The molecule has 0 aliphatic rings. The highest BCUT2D eigenvalue weighted by molar-refractivity contribution is 5.18. The predicted octanol–water partition coefficient (Wildman–Crippen LogP) is 2.46. The van der Waals surface area contributed by atoms with Crippen molar-refractivity contribution in [2.45, 2.75) is 12.8 Å². The van der Waals surface area contributed by atoms with Crippen LogP contribution in [-0.2, 0) is 6.42 Å². The van der Waals surface area contributed by atoms with E-state index in [1.807, 2.05) is 0 Å². The Kier molecular flexibility index (Phi) is 5.18. The summed E-state index contributed by atoms with van der Waals surface area (Å²) < 4.78 is 37.2. The lowest BCUT2D eigenvalue weighted by atomic mass is 10.1. The summed E-state index contributed by atoms with van der Waals surface area (Å²) in [6.45, 7) is 0.846. The summed E-state index contributed by atoms with van der Waals surface area (Å²) in [6.07, 6.45) is 1.01. The van der Waals surface area contributed by atoms with Gasteiger partial charge in [0.25, 0.3) is 0 Å². The Morgan fingerprint density at radius 2 is 1.67 bits per heavy atom. The summed E-state index contributed by atoms with van der Waals surface area (Å²) in [7, 11) is 0. The maximum absolute atomic E-state index is 12.7. The van der Waals surface area contributed by atoms with Crippen LogP contribution in [0.5, 0.6) is 0 Å². The summed E-state index contributed by atoms with van der Waals surface area (Å²) >= 11 is 0. The molecule has 0 spiro atoms. The summed E-state index contributed by atoms with van der Waals surface area (Å²) in [5, 5.41) is 2.99. The van der Waals surface area contributed by atoms with E-state index in [-0.39, 0.29) is 6.67 Å². The fourth-order valence-corrected chi connectivity index (χ4v) is 1.30. The summed E-state index contributed by atoms with van der Waals surface area (Å²) in [5.41, 5.74) is 0.611. The average Bonchev–Trinajstić information content (AvgIpc) is 2.16. The highest BCUT2D eigenvalue weighted by atomic mass is 19.1. The number of alkyl halides is 1. The van der Waals surface area contributed by atoms with Crippen molar-refractivity contribution >= 4 is 0 Å². The van der Waals surface area contributed by atoms with E-state index >= 15 is 0 Å². The quantitative estimate of drug-likeness (QED) is 0.722. The van der Waals surface area contributed by atoms with Crippen molar-refractivity contribution < 1.29 is 13.2 Å². The molecular weight excluding hydrogens is 203 g/mol. The van der Waals surface area contributed by atoms with Crippen LogP contribution >= 0.6 is 0 Å². The molecule has 0 unspecified atom stereocenters. The molecule has 1 aromatic rings. The Morgan fingerprint density at radius 1 is 1.00 bits per heavy atom. The molecule has 1 N–H and O–H groups in total. The van der Waals surface area contributed by atoms with E-state index in [2.05, 4.69) is 5.32 Å². The Morgan fingerprint density at radius 3 is 2.27 bits per heavy atom. The Bertz CT molecular complexity index is 282. The van der Waals surface area contributed by atoms with E-state index in [1.165, 1.54) is 12.1 Å². The number of hydrogen-bond acceptors (Lipinski definition) is 1. The van der Waals surface area contributed by atoms with E-state index in [1.54, 1.807) is 0 Å². The first-order valence-electron chi connectivity index (χ1n) is 4.94. The Labute approximate surface area is 87.3 Å². The van der Waals surface area contributed by atoms with Crippen molar-refractivity contribution in [3.8, 4) is 0 Å². The minimum Gasteiger partial charge on any atom is -0.316 e. The minimum atomic E-state index is -0.561. The topological polar surface area (TPSA) is 12.0 Å². The van der Waals surface area contributed by atoms with Gasteiger partial charge >= 0.3 is 0 Å². The third-order valence-corrected chi connectivity index (χ3v) is 2.00. The van der Waals surface area contributed by atoms with Crippen LogP contribution in [0.15, 0.2) is 18.2 Å². The predicted molar refractivity (Wildman–Crippen MR) is 53.5 cm³/mol. The molecule has 0 radical (unpaired) electrons. The van der Waals surface area contributed by atoms with Gasteiger partial charge in [-0.1, -0.05) is 0 Å². The zero-order chi connectivity index (χ0) is 11.1. The lowest BCUT2D eigenvalue weighted by molar-refractivity contribution is 0.460. The third kappa shape index (κ3) is 4.83. The zero-order valence-electron chi connectivity index (χ0n) is 8.40. The molecule has 1 nitrogen and oxygen atoms in total. The molecule has 15 heavy (non-hydrogen) atoms. The van der Waals surface area contributed by atoms with Crippen molar-refractivity contribution in [1.29, 1.82) is 0 Å². The molecule has 0 saturated carbocycles. The van der Waals surface area contributed by atoms with E-state index < -0.39 is 11.6 Å². The van der Waals surface area contributed by atoms with Crippen LogP contribution in [0.3, 0.4) is 0 Å². The van der Waals surface area contributed by atoms with Crippen molar-refractivity contribution in [1.82, 2.24) is 5.32 Å². The third-order valence-electron chi connectivity index (χ3n) is 2.00. The molecule has 1 rings (SSSR count). The van der Waals surface area contributed by atoms with Gasteiger partial charge in [0.1, 0.15) is 11.6 Å². The fraction of sp³-hybridized carbons (Fsp3) is 0.455. The zero-order valence-corrected chi connectivity index (χ0v) is 8.40. The maximum atomic E-state index is 12.7. The van der Waals surface area contributed by atoms with Gasteiger partial charge in [0.2, 0.25) is 0 Å². The van der Waals surface area contributed by atoms with E-state index in [0.29, 0.717) is 31.5 Å². The number of hydrogen-bond donors (Lipinski definition) is 1. The van der Waals surface area contributed by atoms with Crippen LogP contribution in [0, 0.1) is 11.6 Å². The molecule has 0 bridgehead atoms. The van der Waals surface area contributed by atoms with E-state index in [4.69, 9.17) is 0 Å². The van der Waals surface area contributed by atoms with Crippen LogP contribution in [-0.4, -0.2) is 19.8 Å². The summed E-state index contributed by atoms with van der Waals surface area (Å²) in [5.74, 6) is -1.12. The first kappa shape index (κ1) is 12.0. The van der Waals surface area contributed by atoms with Gasteiger partial charge in [-0.3, -0.25) is 4.39 Å². The van der Waals surface area contributed by atoms with Crippen LogP contribution in [0.1, 0.15) is 12.0 Å². The maximum Gasteiger partial charge on any atom is 0.126 e. The van der Waals surface area contributed by atoms with Gasteiger partial charge in [0.05, 0.1) is 6.67 Å². The van der Waals surface area contributed by atoms with E-state index in [9.17, 15) is 13.2 Å². The number of nitrogens with one attached hydrogen (secondary N) is 1. The second kappa shape index (κ2) is 6.45. The molecule has 0 heterocycles. The van der Waals surface area contributed by atoms with Crippen molar-refractivity contribution in [2.24, 2.45) is 0 Å². The molecular formula is C11H14F3N. The second-order valence-electron chi connectivity index (χ2n) is 3.32. The minimum absolute atomic E-state index is 0.346. The van der Waals surface area contributed by atoms with Gasteiger partial charge in [-0.05, 0) is 43.6 Å². The van der Waals surface area contributed by atoms with Gasteiger partial charge < -0.3 is 5.32 Å².